The second kappa shape index (κ2) is 10.8. The fraction of sp³-hybridized carbons (Fsp3) is 0.286. The number of amides is 2. The van der Waals surface area contributed by atoms with Crippen molar-refractivity contribution in [3.8, 4) is 0 Å². The van der Waals surface area contributed by atoms with Crippen LogP contribution in [0.2, 0.25) is 4.34 Å². The molecule has 0 bridgehead atoms. The van der Waals surface area contributed by atoms with Crippen molar-refractivity contribution in [3.63, 3.8) is 0 Å². The van der Waals surface area contributed by atoms with E-state index in [1.165, 1.54) is 18.7 Å². The van der Waals surface area contributed by atoms with E-state index in [4.69, 9.17) is 33.0 Å². The molecular weight excluding hydrogens is 562 g/mol. The lowest BCUT2D eigenvalue weighted by Gasteiger charge is -2.49. The highest BCUT2D eigenvalue weighted by atomic mass is 35.5. The number of fused-ring (bicyclic) bond motifs is 1. The number of thioether (sulfide) groups is 1. The van der Waals surface area contributed by atoms with Gasteiger partial charge in [0.15, 0.2) is 29.8 Å². The Bertz CT molecular complexity index is 1400. The number of nitrogens with two attached hydrogens (primary N) is 2. The Morgan fingerprint density at radius 3 is 2.74 bits per heavy atom. The molecule has 1 saturated heterocycles. The number of carboxylic acid groups (broad SMARTS) is 2. The van der Waals surface area contributed by atoms with Crippen LogP contribution in [0.15, 0.2) is 41.0 Å². The summed E-state index contributed by atoms with van der Waals surface area (Å²) >= 11 is 8.24. The topological polar surface area (TPSA) is 214 Å². The van der Waals surface area contributed by atoms with Crippen LogP contribution in [-0.2, 0) is 30.6 Å². The molecule has 0 radical (unpaired) electrons. The zero-order chi connectivity index (χ0) is 27.7. The SMILES string of the molecule is C[C@H](O/N=C(\C(=O)N[C@@H]1C(=O)N2C(C(=O)O)=C(C[n+]3cccc(N)c3)CSC12)c1nc(N)sc1Cl)C(=O)O. The second-order valence-electron chi connectivity index (χ2n) is 8.13. The van der Waals surface area contributed by atoms with E-state index in [0.29, 0.717) is 11.3 Å². The molecule has 14 nitrogen and oxygen atoms in total. The monoisotopic (exact) mass is 582 g/mol. The Kier molecular flexibility index (Phi) is 7.75. The van der Waals surface area contributed by atoms with E-state index in [0.717, 1.165) is 16.2 Å². The summed E-state index contributed by atoms with van der Waals surface area (Å²) in [5.41, 5.74) is 11.6. The molecule has 0 spiro atoms. The highest BCUT2D eigenvalue weighted by Crippen LogP contribution is 2.40. The van der Waals surface area contributed by atoms with Crippen molar-refractivity contribution in [2.75, 3.05) is 17.2 Å². The summed E-state index contributed by atoms with van der Waals surface area (Å²) in [6.45, 7) is 1.40. The van der Waals surface area contributed by atoms with Gasteiger partial charge in [0.1, 0.15) is 27.1 Å². The zero-order valence-electron chi connectivity index (χ0n) is 19.5. The molecular formula is C21H21ClN7O7S2+. The van der Waals surface area contributed by atoms with E-state index in [9.17, 15) is 24.3 Å². The van der Waals surface area contributed by atoms with Gasteiger partial charge in [-0.1, -0.05) is 28.1 Å². The van der Waals surface area contributed by atoms with Crippen LogP contribution in [0.4, 0.5) is 10.8 Å². The molecule has 2 aliphatic rings. The number of anilines is 2. The van der Waals surface area contributed by atoms with E-state index in [2.05, 4.69) is 15.5 Å². The van der Waals surface area contributed by atoms with Gasteiger partial charge in [0.05, 0.1) is 5.69 Å². The number of aliphatic carboxylic acids is 2. The largest absolute Gasteiger partial charge is 0.478 e. The Balaban J connectivity index is 1.56. The molecule has 2 amide bonds. The normalized spacial score (nSPS) is 19.9. The third-order valence-electron chi connectivity index (χ3n) is 5.48. The minimum atomic E-state index is -1.40. The second-order valence-corrected chi connectivity index (χ2v) is 10.9. The number of oxime groups is 1. The molecule has 2 aromatic heterocycles. The van der Waals surface area contributed by atoms with Crippen LogP contribution >= 0.6 is 34.7 Å². The molecule has 3 atom stereocenters. The van der Waals surface area contributed by atoms with E-state index in [1.54, 1.807) is 29.1 Å². The number of nitrogen functional groups attached to an aromatic ring is 2. The minimum absolute atomic E-state index is 0.00336. The number of pyridine rings is 1. The highest BCUT2D eigenvalue weighted by molar-refractivity contribution is 8.00. The van der Waals surface area contributed by atoms with Crippen LogP contribution < -0.4 is 21.4 Å². The number of β-lactam (4-membered cyclic amide) rings is 1. The highest BCUT2D eigenvalue weighted by Gasteiger charge is 2.55. The molecule has 200 valence electrons. The summed E-state index contributed by atoms with van der Waals surface area (Å²) in [4.78, 5) is 59.4. The van der Waals surface area contributed by atoms with Crippen molar-refractivity contribution in [1.29, 1.82) is 0 Å². The number of aromatic nitrogens is 2. The van der Waals surface area contributed by atoms with Crippen molar-refractivity contribution in [2.45, 2.75) is 31.0 Å². The lowest BCUT2D eigenvalue weighted by atomic mass is 10.0. The minimum Gasteiger partial charge on any atom is -0.478 e. The first-order chi connectivity index (χ1) is 18.0. The van der Waals surface area contributed by atoms with Crippen LogP contribution in [0, 0.1) is 0 Å². The lowest BCUT2D eigenvalue weighted by molar-refractivity contribution is -0.688. The third kappa shape index (κ3) is 5.36. The third-order valence-corrected chi connectivity index (χ3v) is 7.91. The molecule has 1 unspecified atom stereocenters. The summed E-state index contributed by atoms with van der Waals surface area (Å²) in [6, 6.07) is 2.32. The summed E-state index contributed by atoms with van der Waals surface area (Å²) < 4.78 is 1.71. The zero-order valence-corrected chi connectivity index (χ0v) is 21.9. The average Bonchev–Trinajstić information content (AvgIpc) is 3.19. The van der Waals surface area contributed by atoms with Crippen molar-refractivity contribution in [3.05, 3.63) is 45.8 Å². The maximum atomic E-state index is 13.1. The van der Waals surface area contributed by atoms with Gasteiger partial charge in [0, 0.05) is 17.4 Å². The van der Waals surface area contributed by atoms with Crippen LogP contribution in [-0.4, -0.2) is 72.8 Å². The number of carbonyl (C=O) groups is 4. The standard InChI is InChI=1S/C21H20ClN7O7S2/c1-8(19(32)33)36-27-12(11-15(22)38-21(24)26-11)16(30)25-13-17(31)29-14(20(34)35)9(7-37-18(13)29)5-28-4-2-3-10(23)6-28/h2-4,6,8,13,18H,5,7,23H2,1H3,(H4-,24,25,26,30,32,33,34,35)/p+1/b27-12-/t8-,13+,18?/m0/s1. The van der Waals surface area contributed by atoms with Gasteiger partial charge < -0.3 is 31.8 Å². The molecule has 4 rings (SSSR count). The van der Waals surface area contributed by atoms with Crippen molar-refractivity contribution >= 4 is 75.0 Å². The Hall–Kier alpha value is -3.89. The van der Waals surface area contributed by atoms with Gasteiger partial charge in [-0.2, -0.15) is 4.57 Å². The van der Waals surface area contributed by atoms with Crippen LogP contribution in [0.1, 0.15) is 12.6 Å². The molecule has 38 heavy (non-hydrogen) atoms. The van der Waals surface area contributed by atoms with Crippen molar-refractivity contribution in [2.24, 2.45) is 5.16 Å². The maximum Gasteiger partial charge on any atom is 0.352 e. The number of hydrogen-bond acceptors (Lipinski definition) is 11. The van der Waals surface area contributed by atoms with Gasteiger partial charge in [0.2, 0.25) is 6.10 Å². The predicted octanol–water partition coefficient (Wildman–Crippen LogP) is -0.119. The lowest BCUT2D eigenvalue weighted by Crippen LogP contribution is -2.71. The molecule has 0 aliphatic carbocycles. The molecule has 1 fully saturated rings. The molecule has 4 heterocycles. The molecule has 2 aliphatic heterocycles. The van der Waals surface area contributed by atoms with E-state index < -0.39 is 47.0 Å². The number of nitrogens with one attached hydrogen (secondary N) is 1. The number of hydrogen-bond donors (Lipinski definition) is 5. The fourth-order valence-corrected chi connectivity index (χ4v) is 5.97. The number of rotatable bonds is 9. The Labute approximate surface area is 227 Å². The number of carboxylic acids is 2. The predicted molar refractivity (Wildman–Crippen MR) is 137 cm³/mol. The first kappa shape index (κ1) is 27.2. The number of nitrogens with zero attached hydrogens (tertiary/aromatic N) is 4. The van der Waals surface area contributed by atoms with E-state index >= 15 is 0 Å². The van der Waals surface area contributed by atoms with Gasteiger partial charge in [-0.3, -0.25) is 14.5 Å². The molecule has 0 saturated carbocycles. The van der Waals surface area contributed by atoms with Gasteiger partial charge >= 0.3 is 11.9 Å². The molecule has 0 aromatic carbocycles. The number of halogens is 1. The van der Waals surface area contributed by atoms with Gasteiger partial charge in [0.25, 0.3) is 11.8 Å². The molecule has 7 N–H and O–H groups in total. The summed E-state index contributed by atoms with van der Waals surface area (Å²) in [5.74, 6) is -3.92. The van der Waals surface area contributed by atoms with Crippen molar-refractivity contribution in [1.82, 2.24) is 15.2 Å². The van der Waals surface area contributed by atoms with E-state index in [-0.39, 0.29) is 33.2 Å². The van der Waals surface area contributed by atoms with Crippen molar-refractivity contribution < 1.29 is 38.8 Å². The molecule has 17 heteroatoms. The smallest absolute Gasteiger partial charge is 0.352 e. The quantitative estimate of drug-likeness (QED) is 0.114. The summed E-state index contributed by atoms with van der Waals surface area (Å²) in [7, 11) is 0. The first-order valence-corrected chi connectivity index (χ1v) is 13.1. The van der Waals surface area contributed by atoms with Crippen LogP contribution in [0.3, 0.4) is 0 Å². The first-order valence-electron chi connectivity index (χ1n) is 10.8. The van der Waals surface area contributed by atoms with Gasteiger partial charge in [-0.15, -0.1) is 11.8 Å². The van der Waals surface area contributed by atoms with Crippen LogP contribution in [0.25, 0.3) is 0 Å². The maximum absolute atomic E-state index is 13.1. The summed E-state index contributed by atoms with van der Waals surface area (Å²) in [6.07, 6.45) is 1.97. The number of thiazole rings is 1. The fourth-order valence-electron chi connectivity index (χ4n) is 3.71. The number of carbonyl (C=O) groups excluding carboxylic acids is 2. The average molecular weight is 583 g/mol. The van der Waals surface area contributed by atoms with E-state index in [1.807, 2.05) is 0 Å². The van der Waals surface area contributed by atoms with Crippen LogP contribution in [0.5, 0.6) is 0 Å². The Morgan fingerprint density at radius 1 is 1.39 bits per heavy atom. The Morgan fingerprint density at radius 2 is 2.13 bits per heavy atom. The van der Waals surface area contributed by atoms with Gasteiger partial charge in [-0.05, 0) is 13.0 Å². The van der Waals surface area contributed by atoms with Gasteiger partial charge in [-0.25, -0.2) is 14.6 Å². The molecule has 2 aromatic rings. The summed E-state index contributed by atoms with van der Waals surface area (Å²) in [5, 5.41) is 24.4.